The standard InChI is InChI=1S/C30H43N5O3/c1-21(2)27-17-25(28(36)18-29(27)37)20-35(30(38)33-31-3)26-6-4-22(5-7-26)16-23-10-14-34(15-11-23)19-24-8-12-32-13-9-24/h4-7,17-18,21,23-24,32,36-37H,3,8-16,19-20H2,1-2H3,(H,33,38). The molecule has 0 atom stereocenters. The van der Waals surface area contributed by atoms with Crippen molar-refractivity contribution in [1.82, 2.24) is 15.6 Å². The van der Waals surface area contributed by atoms with Gasteiger partial charge in [-0.1, -0.05) is 26.0 Å². The third-order valence-corrected chi connectivity index (χ3v) is 8.05. The lowest BCUT2D eigenvalue weighted by atomic mass is 9.89. The molecule has 0 bridgehead atoms. The number of urea groups is 1. The van der Waals surface area contributed by atoms with Crippen molar-refractivity contribution >= 4 is 18.4 Å². The zero-order valence-electron chi connectivity index (χ0n) is 22.8. The Hall–Kier alpha value is -3.10. The van der Waals surface area contributed by atoms with Crippen LogP contribution in [0.15, 0.2) is 41.5 Å². The van der Waals surface area contributed by atoms with E-state index in [9.17, 15) is 15.0 Å². The number of carbonyl (C=O) groups is 1. The lowest BCUT2D eigenvalue weighted by Gasteiger charge is -2.35. The highest BCUT2D eigenvalue weighted by Crippen LogP contribution is 2.34. The number of hydrazone groups is 1. The summed E-state index contributed by atoms with van der Waals surface area (Å²) in [4.78, 5) is 17.0. The van der Waals surface area contributed by atoms with Crippen molar-refractivity contribution in [3.8, 4) is 11.5 Å². The average Bonchev–Trinajstić information content (AvgIpc) is 2.90. The fraction of sp³-hybridized carbons (Fsp3) is 0.533. The summed E-state index contributed by atoms with van der Waals surface area (Å²) in [5, 5.41) is 27.7. The normalized spacial score (nSPS) is 17.4. The molecular weight excluding hydrogens is 478 g/mol. The first-order chi connectivity index (χ1) is 18.3. The molecule has 2 aliphatic heterocycles. The molecule has 4 rings (SSSR count). The molecule has 206 valence electrons. The number of carbonyl (C=O) groups excluding carboxylic acids is 1. The van der Waals surface area contributed by atoms with Gasteiger partial charge in [0.15, 0.2) is 0 Å². The summed E-state index contributed by atoms with van der Waals surface area (Å²) in [5.41, 5.74) is 5.64. The van der Waals surface area contributed by atoms with Crippen molar-refractivity contribution in [3.63, 3.8) is 0 Å². The van der Waals surface area contributed by atoms with Crippen molar-refractivity contribution in [2.45, 2.75) is 58.4 Å². The third kappa shape index (κ3) is 7.26. The van der Waals surface area contributed by atoms with E-state index in [1.165, 1.54) is 61.8 Å². The minimum absolute atomic E-state index is 0.0477. The van der Waals surface area contributed by atoms with Gasteiger partial charge in [0.1, 0.15) is 11.5 Å². The van der Waals surface area contributed by atoms with Crippen molar-refractivity contribution in [1.29, 1.82) is 0 Å². The molecule has 0 spiro atoms. The number of rotatable bonds is 9. The van der Waals surface area contributed by atoms with Gasteiger partial charge in [-0.3, -0.25) is 4.90 Å². The van der Waals surface area contributed by atoms with E-state index in [1.807, 2.05) is 26.0 Å². The SMILES string of the molecule is C=NNC(=O)N(Cc1cc(C(C)C)c(O)cc1O)c1ccc(CC2CCN(CC3CCNCC3)CC2)cc1. The summed E-state index contributed by atoms with van der Waals surface area (Å²) >= 11 is 0. The summed E-state index contributed by atoms with van der Waals surface area (Å²) in [6, 6.07) is 10.7. The van der Waals surface area contributed by atoms with Crippen molar-refractivity contribution < 1.29 is 15.0 Å². The molecule has 0 aliphatic carbocycles. The van der Waals surface area contributed by atoms with E-state index < -0.39 is 6.03 Å². The lowest BCUT2D eigenvalue weighted by molar-refractivity contribution is 0.148. The van der Waals surface area contributed by atoms with Crippen LogP contribution in [0.1, 0.15) is 62.1 Å². The number of hydrogen-bond acceptors (Lipinski definition) is 6. The van der Waals surface area contributed by atoms with Crippen LogP contribution in [0, 0.1) is 11.8 Å². The molecule has 0 saturated carbocycles. The molecule has 2 fully saturated rings. The lowest BCUT2D eigenvalue weighted by Crippen LogP contribution is -2.40. The molecule has 2 heterocycles. The predicted octanol–water partition coefficient (Wildman–Crippen LogP) is 4.81. The van der Waals surface area contributed by atoms with E-state index in [4.69, 9.17) is 0 Å². The first-order valence-corrected chi connectivity index (χ1v) is 13.9. The molecule has 2 saturated heterocycles. The number of aromatic hydroxyl groups is 2. The van der Waals surface area contributed by atoms with Gasteiger partial charge >= 0.3 is 6.03 Å². The Balaban J connectivity index is 1.39. The van der Waals surface area contributed by atoms with Crippen LogP contribution < -0.4 is 15.6 Å². The molecule has 0 unspecified atom stereocenters. The Kier molecular flexibility index (Phi) is 9.63. The van der Waals surface area contributed by atoms with E-state index in [0.717, 1.165) is 31.0 Å². The molecule has 2 amide bonds. The van der Waals surface area contributed by atoms with E-state index in [0.29, 0.717) is 17.2 Å². The Morgan fingerprint density at radius 1 is 1.08 bits per heavy atom. The number of phenols is 2. The van der Waals surface area contributed by atoms with Crippen LogP contribution in [0.2, 0.25) is 0 Å². The largest absolute Gasteiger partial charge is 0.508 e. The maximum atomic E-state index is 12.9. The number of amides is 2. The zero-order valence-corrected chi connectivity index (χ0v) is 22.8. The Labute approximate surface area is 226 Å². The summed E-state index contributed by atoms with van der Waals surface area (Å²) in [6.07, 6.45) is 6.10. The van der Waals surface area contributed by atoms with E-state index >= 15 is 0 Å². The Morgan fingerprint density at radius 2 is 1.76 bits per heavy atom. The fourth-order valence-corrected chi connectivity index (χ4v) is 5.76. The van der Waals surface area contributed by atoms with E-state index in [2.05, 4.69) is 39.6 Å². The van der Waals surface area contributed by atoms with Crippen LogP contribution in [0.4, 0.5) is 10.5 Å². The predicted molar refractivity (Wildman–Crippen MR) is 153 cm³/mol. The molecule has 8 heteroatoms. The van der Waals surface area contributed by atoms with Crippen LogP contribution in [-0.4, -0.2) is 60.6 Å². The number of nitrogens with zero attached hydrogens (tertiary/aromatic N) is 3. The van der Waals surface area contributed by atoms with Crippen molar-refractivity contribution in [2.24, 2.45) is 16.9 Å². The summed E-state index contributed by atoms with van der Waals surface area (Å²) in [7, 11) is 0. The van der Waals surface area contributed by atoms with Gasteiger partial charge in [0.25, 0.3) is 0 Å². The van der Waals surface area contributed by atoms with Crippen LogP contribution in [-0.2, 0) is 13.0 Å². The number of anilines is 1. The van der Waals surface area contributed by atoms with E-state index in [-0.39, 0.29) is 24.0 Å². The van der Waals surface area contributed by atoms with Crippen molar-refractivity contribution in [3.05, 3.63) is 53.1 Å². The molecule has 8 nitrogen and oxygen atoms in total. The van der Waals surface area contributed by atoms with Crippen molar-refractivity contribution in [2.75, 3.05) is 37.6 Å². The topological polar surface area (TPSA) is 100 Å². The van der Waals surface area contributed by atoms with Gasteiger partial charge in [0, 0.05) is 30.6 Å². The van der Waals surface area contributed by atoms with Crippen LogP contribution in [0.25, 0.3) is 0 Å². The highest BCUT2D eigenvalue weighted by atomic mass is 16.3. The van der Waals surface area contributed by atoms with Gasteiger partial charge in [-0.2, -0.15) is 5.10 Å². The second kappa shape index (κ2) is 13.1. The quantitative estimate of drug-likeness (QED) is 0.280. The Morgan fingerprint density at radius 3 is 2.39 bits per heavy atom. The first-order valence-electron chi connectivity index (χ1n) is 13.9. The number of phenolic OH excluding ortho intramolecular Hbond substituents is 2. The monoisotopic (exact) mass is 521 g/mol. The Bertz CT molecular complexity index is 1070. The van der Waals surface area contributed by atoms with Crippen LogP contribution >= 0.6 is 0 Å². The van der Waals surface area contributed by atoms with E-state index in [1.54, 1.807) is 6.07 Å². The van der Waals surface area contributed by atoms with Gasteiger partial charge in [-0.25, -0.2) is 10.2 Å². The second-order valence-electron chi connectivity index (χ2n) is 11.2. The number of likely N-dealkylation sites (tertiary alicyclic amines) is 1. The highest BCUT2D eigenvalue weighted by molar-refractivity contribution is 5.92. The number of piperidine rings is 2. The molecule has 38 heavy (non-hydrogen) atoms. The molecule has 2 aromatic rings. The van der Waals surface area contributed by atoms with Gasteiger partial charge in [-0.15, -0.1) is 0 Å². The maximum Gasteiger partial charge on any atom is 0.342 e. The maximum absolute atomic E-state index is 12.9. The summed E-state index contributed by atoms with van der Waals surface area (Å²) in [6.45, 7) is 13.4. The highest BCUT2D eigenvalue weighted by Gasteiger charge is 2.24. The molecule has 0 radical (unpaired) electrons. The number of hydrogen-bond donors (Lipinski definition) is 4. The fourth-order valence-electron chi connectivity index (χ4n) is 5.76. The van der Waals surface area contributed by atoms with Gasteiger partial charge in [0.05, 0.1) is 6.54 Å². The molecular formula is C30H43N5O3. The summed E-state index contributed by atoms with van der Waals surface area (Å²) < 4.78 is 0. The minimum Gasteiger partial charge on any atom is -0.508 e. The average molecular weight is 522 g/mol. The minimum atomic E-state index is -0.438. The van der Waals surface area contributed by atoms with Gasteiger partial charge < -0.3 is 20.4 Å². The molecule has 2 aromatic carbocycles. The smallest absolute Gasteiger partial charge is 0.342 e. The first kappa shape index (κ1) is 27.9. The molecule has 0 aromatic heterocycles. The second-order valence-corrected chi connectivity index (χ2v) is 11.2. The third-order valence-electron chi connectivity index (χ3n) is 8.05. The summed E-state index contributed by atoms with van der Waals surface area (Å²) in [5.74, 6) is 1.59. The number of benzene rings is 2. The molecule has 2 aliphatic rings. The van der Waals surface area contributed by atoms with Gasteiger partial charge in [0.2, 0.25) is 0 Å². The van der Waals surface area contributed by atoms with Crippen LogP contribution in [0.3, 0.4) is 0 Å². The van der Waals surface area contributed by atoms with Crippen LogP contribution in [0.5, 0.6) is 11.5 Å². The van der Waals surface area contributed by atoms with Gasteiger partial charge in [-0.05, 0) is 105 Å². The zero-order chi connectivity index (χ0) is 27.1. The number of nitrogens with one attached hydrogen (secondary N) is 2. The molecule has 4 N–H and O–H groups in total.